The van der Waals surface area contributed by atoms with E-state index in [-0.39, 0.29) is 23.6 Å². The number of benzene rings is 1. The van der Waals surface area contributed by atoms with Gasteiger partial charge in [-0.2, -0.15) is 5.10 Å². The second kappa shape index (κ2) is 6.40. The number of hydrogen-bond donors (Lipinski definition) is 2. The summed E-state index contributed by atoms with van der Waals surface area (Å²) in [5.74, 6) is -2.48. The largest absolute Gasteiger partial charge is 0.481 e. The summed E-state index contributed by atoms with van der Waals surface area (Å²) in [4.78, 5) is 24.2. The van der Waals surface area contributed by atoms with E-state index in [0.717, 1.165) is 5.56 Å². The molecule has 4 rings (SSSR count). The summed E-state index contributed by atoms with van der Waals surface area (Å²) in [6.07, 6.45) is 6.29. The van der Waals surface area contributed by atoms with Crippen molar-refractivity contribution >= 4 is 17.7 Å². The number of hydrogen-bond acceptors (Lipinski definition) is 3. The highest BCUT2D eigenvalue weighted by Crippen LogP contribution is 2.48. The molecule has 1 amide bonds. The van der Waals surface area contributed by atoms with Gasteiger partial charge in [0.25, 0.3) is 0 Å². The van der Waals surface area contributed by atoms with Crippen LogP contribution in [0.15, 0.2) is 48.7 Å². The minimum atomic E-state index is -0.927. The van der Waals surface area contributed by atoms with E-state index in [1.165, 1.54) is 12.1 Å². The maximum absolute atomic E-state index is 13.0. The number of allylic oxidation sites excluding steroid dienone is 2. The van der Waals surface area contributed by atoms with Gasteiger partial charge in [0.2, 0.25) is 5.91 Å². The number of nitrogens with one attached hydrogen (secondary N) is 1. The van der Waals surface area contributed by atoms with Gasteiger partial charge in [0.15, 0.2) is 5.82 Å². The Morgan fingerprint density at radius 2 is 1.85 bits per heavy atom. The van der Waals surface area contributed by atoms with E-state index in [9.17, 15) is 19.1 Å². The summed E-state index contributed by atoms with van der Waals surface area (Å²) in [5.41, 5.74) is 0.886. The minimum absolute atomic E-state index is 0.0256. The van der Waals surface area contributed by atoms with Crippen molar-refractivity contribution in [3.8, 4) is 0 Å². The van der Waals surface area contributed by atoms with Crippen molar-refractivity contribution in [1.29, 1.82) is 0 Å². The van der Waals surface area contributed by atoms with Crippen LogP contribution in [0.2, 0.25) is 0 Å². The third-order valence-corrected chi connectivity index (χ3v) is 5.20. The average Bonchev–Trinajstić information content (AvgIpc) is 3.32. The lowest BCUT2D eigenvalue weighted by atomic mass is 9.82. The van der Waals surface area contributed by atoms with E-state index in [1.807, 2.05) is 12.2 Å². The van der Waals surface area contributed by atoms with Crippen LogP contribution in [0.3, 0.4) is 0 Å². The van der Waals surface area contributed by atoms with Crippen molar-refractivity contribution in [3.63, 3.8) is 0 Å². The number of aromatic nitrogens is 2. The Bertz CT molecular complexity index is 874. The Morgan fingerprint density at radius 3 is 2.54 bits per heavy atom. The number of carbonyl (C=O) groups excluding carboxylic acids is 1. The zero-order chi connectivity index (χ0) is 18.3. The lowest BCUT2D eigenvalue weighted by Gasteiger charge is -2.23. The molecule has 1 fully saturated rings. The molecule has 1 aromatic carbocycles. The van der Waals surface area contributed by atoms with Gasteiger partial charge in [-0.15, -0.1) is 0 Å². The molecular formula is C19H18FN3O3. The van der Waals surface area contributed by atoms with Crippen molar-refractivity contribution in [2.75, 3.05) is 5.32 Å². The maximum Gasteiger partial charge on any atom is 0.307 e. The highest BCUT2D eigenvalue weighted by molar-refractivity contribution is 5.95. The fraction of sp³-hybridized carbons (Fsp3) is 0.316. The van der Waals surface area contributed by atoms with Gasteiger partial charge in [-0.05, 0) is 36.0 Å². The number of halogens is 1. The quantitative estimate of drug-likeness (QED) is 0.807. The first-order chi connectivity index (χ1) is 12.5. The molecule has 2 N–H and O–H groups in total. The van der Waals surface area contributed by atoms with E-state index in [0.29, 0.717) is 18.8 Å². The number of nitrogens with zero attached hydrogens (tertiary/aromatic N) is 2. The molecule has 1 aromatic heterocycles. The van der Waals surface area contributed by atoms with Gasteiger partial charge in [0.1, 0.15) is 5.82 Å². The Balaban J connectivity index is 1.44. The molecule has 1 heterocycles. The fourth-order valence-corrected chi connectivity index (χ4v) is 4.02. The molecule has 134 valence electrons. The summed E-state index contributed by atoms with van der Waals surface area (Å²) in [6, 6.07) is 7.79. The van der Waals surface area contributed by atoms with Gasteiger partial charge in [0, 0.05) is 12.3 Å². The minimum Gasteiger partial charge on any atom is -0.481 e. The lowest BCUT2D eigenvalue weighted by Crippen LogP contribution is -2.36. The predicted octanol–water partition coefficient (Wildman–Crippen LogP) is 2.53. The first kappa shape index (κ1) is 16.5. The monoisotopic (exact) mass is 355 g/mol. The third kappa shape index (κ3) is 3.00. The molecule has 0 radical (unpaired) electrons. The number of amides is 1. The lowest BCUT2D eigenvalue weighted by molar-refractivity contribution is -0.146. The number of carboxylic acid groups (broad SMARTS) is 1. The summed E-state index contributed by atoms with van der Waals surface area (Å²) in [6.45, 7) is 0.449. The SMILES string of the molecule is O=C(O)[C@@H]1[C@@H](C(=O)Nc2ccn(Cc3ccc(F)cc3)n2)[C@H]2C=C[C@H]1C2. The Hall–Kier alpha value is -2.96. The number of carbonyl (C=O) groups is 2. The fourth-order valence-electron chi connectivity index (χ4n) is 4.02. The molecule has 2 bridgehead atoms. The van der Waals surface area contributed by atoms with Crippen molar-refractivity contribution < 1.29 is 19.1 Å². The topological polar surface area (TPSA) is 84.2 Å². The van der Waals surface area contributed by atoms with Crippen LogP contribution in [0.5, 0.6) is 0 Å². The molecule has 7 heteroatoms. The van der Waals surface area contributed by atoms with E-state index < -0.39 is 17.8 Å². The first-order valence-electron chi connectivity index (χ1n) is 8.51. The van der Waals surface area contributed by atoms with Crippen LogP contribution in [-0.4, -0.2) is 26.8 Å². The molecule has 6 nitrogen and oxygen atoms in total. The second-order valence-corrected chi connectivity index (χ2v) is 6.85. The molecular weight excluding hydrogens is 337 g/mol. The van der Waals surface area contributed by atoms with E-state index in [1.54, 1.807) is 29.1 Å². The maximum atomic E-state index is 13.0. The number of carboxylic acids is 1. The van der Waals surface area contributed by atoms with Gasteiger partial charge in [-0.1, -0.05) is 24.3 Å². The van der Waals surface area contributed by atoms with Crippen LogP contribution in [0.25, 0.3) is 0 Å². The summed E-state index contributed by atoms with van der Waals surface area (Å²) < 4.78 is 14.6. The molecule has 0 unspecified atom stereocenters. The molecule has 2 aliphatic rings. The number of rotatable bonds is 5. The van der Waals surface area contributed by atoms with E-state index in [2.05, 4.69) is 10.4 Å². The highest BCUT2D eigenvalue weighted by atomic mass is 19.1. The van der Waals surface area contributed by atoms with Crippen LogP contribution in [0.1, 0.15) is 12.0 Å². The third-order valence-electron chi connectivity index (χ3n) is 5.20. The highest BCUT2D eigenvalue weighted by Gasteiger charge is 2.51. The zero-order valence-corrected chi connectivity index (χ0v) is 13.9. The van der Waals surface area contributed by atoms with Gasteiger partial charge in [-0.25, -0.2) is 4.39 Å². The molecule has 0 saturated heterocycles. The molecule has 2 aliphatic carbocycles. The zero-order valence-electron chi connectivity index (χ0n) is 13.9. The van der Waals surface area contributed by atoms with Gasteiger partial charge in [0.05, 0.1) is 18.4 Å². The Kier molecular flexibility index (Phi) is 4.06. The van der Waals surface area contributed by atoms with Crippen molar-refractivity contribution in [1.82, 2.24) is 9.78 Å². The molecule has 26 heavy (non-hydrogen) atoms. The molecule has 4 atom stereocenters. The number of fused-ring (bicyclic) bond motifs is 2. The van der Waals surface area contributed by atoms with Gasteiger partial charge >= 0.3 is 5.97 Å². The van der Waals surface area contributed by atoms with Crippen LogP contribution in [0.4, 0.5) is 10.2 Å². The predicted molar refractivity (Wildman–Crippen MR) is 91.7 cm³/mol. The summed E-state index contributed by atoms with van der Waals surface area (Å²) in [7, 11) is 0. The first-order valence-corrected chi connectivity index (χ1v) is 8.51. The summed E-state index contributed by atoms with van der Waals surface area (Å²) in [5, 5.41) is 16.5. The molecule has 0 spiro atoms. The van der Waals surface area contributed by atoms with Crippen LogP contribution < -0.4 is 5.32 Å². The van der Waals surface area contributed by atoms with E-state index >= 15 is 0 Å². The van der Waals surface area contributed by atoms with Crippen LogP contribution in [0, 0.1) is 29.5 Å². The Labute approximate surface area is 149 Å². The van der Waals surface area contributed by atoms with Gasteiger partial charge < -0.3 is 10.4 Å². The number of anilines is 1. The van der Waals surface area contributed by atoms with Crippen molar-refractivity contribution in [2.45, 2.75) is 13.0 Å². The molecule has 0 aliphatic heterocycles. The molecule has 2 aromatic rings. The second-order valence-electron chi connectivity index (χ2n) is 6.85. The van der Waals surface area contributed by atoms with E-state index in [4.69, 9.17) is 0 Å². The van der Waals surface area contributed by atoms with Crippen LogP contribution >= 0.6 is 0 Å². The summed E-state index contributed by atoms with van der Waals surface area (Å²) >= 11 is 0. The molecule has 1 saturated carbocycles. The van der Waals surface area contributed by atoms with Gasteiger partial charge in [-0.3, -0.25) is 14.3 Å². The normalized spacial score (nSPS) is 26.2. The standard InChI is InChI=1S/C19H18FN3O3/c20-14-5-1-11(2-6-14)10-23-8-7-15(22-23)21-18(24)16-12-3-4-13(9-12)17(16)19(25)26/h1-8,12-13,16-17H,9-10H2,(H,25,26)(H,21,22,24)/t12-,13-,16-,17-/m0/s1. The number of aliphatic carboxylic acids is 1. The Morgan fingerprint density at radius 1 is 1.15 bits per heavy atom. The smallest absolute Gasteiger partial charge is 0.307 e. The van der Waals surface area contributed by atoms with Crippen LogP contribution in [-0.2, 0) is 16.1 Å². The van der Waals surface area contributed by atoms with Crippen molar-refractivity contribution in [3.05, 3.63) is 60.1 Å². The van der Waals surface area contributed by atoms with Crippen molar-refractivity contribution in [2.24, 2.45) is 23.7 Å². The average molecular weight is 355 g/mol.